The number of halogens is 1. The van der Waals surface area contributed by atoms with E-state index in [-0.39, 0.29) is 5.78 Å². The summed E-state index contributed by atoms with van der Waals surface area (Å²) >= 11 is 3.30. The number of aromatic amines is 1. The monoisotopic (exact) mass is 265 g/mol. The minimum absolute atomic E-state index is 0.131. The molecule has 0 unspecified atom stereocenters. The molecule has 4 nitrogen and oxygen atoms in total. The Labute approximate surface area is 94.6 Å². The summed E-state index contributed by atoms with van der Waals surface area (Å²) in [5, 5.41) is 6.23. The summed E-state index contributed by atoms with van der Waals surface area (Å²) in [6, 6.07) is 7.09. The Morgan fingerprint density at radius 3 is 2.53 bits per heavy atom. The molecule has 1 aromatic carbocycles. The zero-order chi connectivity index (χ0) is 10.8. The van der Waals surface area contributed by atoms with Crippen molar-refractivity contribution in [2.75, 3.05) is 5.73 Å². The lowest BCUT2D eigenvalue weighted by Crippen LogP contribution is -2.03. The van der Waals surface area contributed by atoms with Crippen LogP contribution in [0.5, 0.6) is 0 Å². The molecule has 2 aromatic rings. The fourth-order valence-electron chi connectivity index (χ4n) is 1.23. The summed E-state index contributed by atoms with van der Waals surface area (Å²) < 4.78 is 0.930. The van der Waals surface area contributed by atoms with E-state index in [1.54, 1.807) is 12.1 Å². The highest BCUT2D eigenvalue weighted by Crippen LogP contribution is 2.16. The van der Waals surface area contributed by atoms with E-state index in [0.29, 0.717) is 16.9 Å². The molecular formula is C10H8BrN3O. The van der Waals surface area contributed by atoms with Gasteiger partial charge in [-0.05, 0) is 24.3 Å². The first-order valence-corrected chi connectivity index (χ1v) is 5.07. The molecule has 0 aliphatic carbocycles. The predicted molar refractivity (Wildman–Crippen MR) is 60.6 cm³/mol. The van der Waals surface area contributed by atoms with Crippen molar-refractivity contribution in [3.8, 4) is 0 Å². The average Bonchev–Trinajstić information content (AvgIpc) is 2.65. The number of aromatic nitrogens is 2. The van der Waals surface area contributed by atoms with Gasteiger partial charge in [0.1, 0.15) is 5.82 Å². The second-order valence-electron chi connectivity index (χ2n) is 3.03. The molecule has 3 N–H and O–H groups in total. The number of benzene rings is 1. The molecule has 0 spiro atoms. The highest BCUT2D eigenvalue weighted by atomic mass is 79.9. The molecular weight excluding hydrogens is 258 g/mol. The minimum Gasteiger partial charge on any atom is -0.383 e. The lowest BCUT2D eigenvalue weighted by Gasteiger charge is -1.99. The van der Waals surface area contributed by atoms with Crippen molar-refractivity contribution in [1.29, 1.82) is 0 Å². The largest absolute Gasteiger partial charge is 0.383 e. The van der Waals surface area contributed by atoms with E-state index < -0.39 is 0 Å². The van der Waals surface area contributed by atoms with Crippen LogP contribution < -0.4 is 5.73 Å². The summed E-state index contributed by atoms with van der Waals surface area (Å²) in [5.41, 5.74) is 6.55. The summed E-state index contributed by atoms with van der Waals surface area (Å²) in [6.07, 6.45) is 1.43. The third kappa shape index (κ3) is 1.92. The zero-order valence-corrected chi connectivity index (χ0v) is 9.28. The van der Waals surface area contributed by atoms with Gasteiger partial charge in [0.25, 0.3) is 0 Å². The molecule has 0 atom stereocenters. The smallest absolute Gasteiger partial charge is 0.198 e. The number of carbonyl (C=O) groups is 1. The van der Waals surface area contributed by atoms with Crippen molar-refractivity contribution >= 4 is 27.5 Å². The van der Waals surface area contributed by atoms with Gasteiger partial charge in [0.15, 0.2) is 5.78 Å². The quantitative estimate of drug-likeness (QED) is 0.816. The fourth-order valence-corrected chi connectivity index (χ4v) is 1.50. The predicted octanol–water partition coefficient (Wildman–Crippen LogP) is 1.99. The number of anilines is 1. The van der Waals surface area contributed by atoms with Crippen LogP contribution in [0.15, 0.2) is 34.9 Å². The van der Waals surface area contributed by atoms with Crippen LogP contribution in [0, 0.1) is 0 Å². The first-order chi connectivity index (χ1) is 7.18. The molecule has 5 heteroatoms. The molecule has 0 radical (unpaired) electrons. The number of ketones is 1. The molecule has 0 saturated heterocycles. The zero-order valence-electron chi connectivity index (χ0n) is 7.70. The van der Waals surface area contributed by atoms with Gasteiger partial charge in [-0.3, -0.25) is 9.89 Å². The third-order valence-corrected chi connectivity index (χ3v) is 2.55. The molecule has 0 saturated carbocycles. The van der Waals surface area contributed by atoms with Gasteiger partial charge in [0.05, 0.1) is 11.8 Å². The van der Waals surface area contributed by atoms with Crippen molar-refractivity contribution in [1.82, 2.24) is 10.2 Å². The highest BCUT2D eigenvalue weighted by Gasteiger charge is 2.13. The average molecular weight is 266 g/mol. The maximum absolute atomic E-state index is 11.9. The second kappa shape index (κ2) is 3.86. The van der Waals surface area contributed by atoms with Crippen molar-refractivity contribution < 1.29 is 4.79 Å². The van der Waals surface area contributed by atoms with Crippen molar-refractivity contribution in [3.63, 3.8) is 0 Å². The van der Waals surface area contributed by atoms with Crippen LogP contribution >= 0.6 is 15.9 Å². The van der Waals surface area contributed by atoms with E-state index in [0.717, 1.165) is 4.47 Å². The van der Waals surface area contributed by atoms with Gasteiger partial charge in [0, 0.05) is 10.0 Å². The lowest BCUT2D eigenvalue weighted by molar-refractivity contribution is 0.103. The summed E-state index contributed by atoms with van der Waals surface area (Å²) in [7, 11) is 0. The molecule has 0 aliphatic rings. The SMILES string of the molecule is Nc1[nH]ncc1C(=O)c1ccc(Br)cc1. The Balaban J connectivity index is 2.37. The van der Waals surface area contributed by atoms with Crippen molar-refractivity contribution in [3.05, 3.63) is 46.1 Å². The van der Waals surface area contributed by atoms with Crippen molar-refractivity contribution in [2.45, 2.75) is 0 Å². The van der Waals surface area contributed by atoms with E-state index in [9.17, 15) is 4.79 Å². The third-order valence-electron chi connectivity index (χ3n) is 2.02. The number of hydrogen-bond acceptors (Lipinski definition) is 3. The summed E-state index contributed by atoms with van der Waals surface area (Å²) in [6.45, 7) is 0. The van der Waals surface area contributed by atoms with E-state index >= 15 is 0 Å². The molecule has 1 aromatic heterocycles. The van der Waals surface area contributed by atoms with Gasteiger partial charge in [-0.2, -0.15) is 5.10 Å². The summed E-state index contributed by atoms with van der Waals surface area (Å²) in [4.78, 5) is 11.9. The normalized spacial score (nSPS) is 10.2. The van der Waals surface area contributed by atoms with Crippen LogP contribution in [-0.4, -0.2) is 16.0 Å². The maximum Gasteiger partial charge on any atom is 0.198 e. The molecule has 1 heterocycles. The van der Waals surface area contributed by atoms with Gasteiger partial charge < -0.3 is 5.73 Å². The van der Waals surface area contributed by atoms with Gasteiger partial charge in [-0.25, -0.2) is 0 Å². The van der Waals surface area contributed by atoms with Crippen LogP contribution in [0.4, 0.5) is 5.82 Å². The van der Waals surface area contributed by atoms with E-state index in [1.165, 1.54) is 6.20 Å². The molecule has 2 rings (SSSR count). The molecule has 0 amide bonds. The lowest BCUT2D eigenvalue weighted by atomic mass is 10.1. The van der Waals surface area contributed by atoms with Crippen LogP contribution in [0.1, 0.15) is 15.9 Å². The molecule has 0 aliphatic heterocycles. The van der Waals surface area contributed by atoms with Crippen molar-refractivity contribution in [2.24, 2.45) is 0 Å². The first kappa shape index (κ1) is 9.92. The number of nitrogens with one attached hydrogen (secondary N) is 1. The van der Waals surface area contributed by atoms with Gasteiger partial charge in [-0.1, -0.05) is 15.9 Å². The van der Waals surface area contributed by atoms with Gasteiger partial charge >= 0.3 is 0 Å². The van der Waals surface area contributed by atoms with Crippen LogP contribution in [-0.2, 0) is 0 Å². The van der Waals surface area contributed by atoms with E-state index in [1.807, 2.05) is 12.1 Å². The number of nitrogens with zero attached hydrogens (tertiary/aromatic N) is 1. The number of rotatable bonds is 2. The standard InChI is InChI=1S/C10H8BrN3O/c11-7-3-1-6(2-4-7)9(15)8-5-13-14-10(8)12/h1-5H,(H3,12,13,14). The Morgan fingerprint density at radius 1 is 1.33 bits per heavy atom. The number of nitrogen functional groups attached to an aromatic ring is 1. The van der Waals surface area contributed by atoms with Crippen LogP contribution in [0.3, 0.4) is 0 Å². The van der Waals surface area contributed by atoms with Crippen LogP contribution in [0.2, 0.25) is 0 Å². The first-order valence-electron chi connectivity index (χ1n) is 4.27. The Hall–Kier alpha value is -1.62. The Kier molecular flexibility index (Phi) is 2.55. The fraction of sp³-hybridized carbons (Fsp3) is 0. The van der Waals surface area contributed by atoms with Crippen LogP contribution in [0.25, 0.3) is 0 Å². The number of H-pyrrole nitrogens is 1. The molecule has 15 heavy (non-hydrogen) atoms. The maximum atomic E-state index is 11.9. The highest BCUT2D eigenvalue weighted by molar-refractivity contribution is 9.10. The number of carbonyl (C=O) groups excluding carboxylic acids is 1. The molecule has 0 fully saturated rings. The molecule has 76 valence electrons. The van der Waals surface area contributed by atoms with E-state index in [4.69, 9.17) is 5.73 Å². The topological polar surface area (TPSA) is 71.8 Å². The minimum atomic E-state index is -0.131. The number of hydrogen-bond donors (Lipinski definition) is 2. The Morgan fingerprint density at radius 2 is 2.00 bits per heavy atom. The molecule has 0 bridgehead atoms. The Bertz CT molecular complexity index is 490. The van der Waals surface area contributed by atoms with Gasteiger partial charge in [0.2, 0.25) is 0 Å². The summed E-state index contributed by atoms with van der Waals surface area (Å²) in [5.74, 6) is 0.164. The van der Waals surface area contributed by atoms with Gasteiger partial charge in [-0.15, -0.1) is 0 Å². The number of nitrogens with two attached hydrogens (primary N) is 1. The van der Waals surface area contributed by atoms with E-state index in [2.05, 4.69) is 26.1 Å². The second-order valence-corrected chi connectivity index (χ2v) is 3.95.